The predicted molar refractivity (Wildman–Crippen MR) is 80.9 cm³/mol. The number of carbonyl (C=O) groups is 1. The van der Waals surface area contributed by atoms with E-state index >= 15 is 0 Å². The summed E-state index contributed by atoms with van der Waals surface area (Å²) in [5.74, 6) is -1.18. The maximum Gasteiger partial charge on any atom is 0.254 e. The van der Waals surface area contributed by atoms with Crippen LogP contribution >= 0.6 is 11.6 Å². The lowest BCUT2D eigenvalue weighted by atomic mass is 9.71. The summed E-state index contributed by atoms with van der Waals surface area (Å²) >= 11 is 5.66. The molecular formula is C16H21ClFNO2. The molecule has 5 heteroatoms. The summed E-state index contributed by atoms with van der Waals surface area (Å²) in [5.41, 5.74) is -0.716. The van der Waals surface area contributed by atoms with Crippen LogP contribution < -0.4 is 5.32 Å². The summed E-state index contributed by atoms with van der Waals surface area (Å²) < 4.78 is 13.7. The first-order chi connectivity index (χ1) is 9.71. The average molecular weight is 314 g/mol. The van der Waals surface area contributed by atoms with Gasteiger partial charge in [0.1, 0.15) is 5.82 Å². The number of benzene rings is 1. The summed E-state index contributed by atoms with van der Waals surface area (Å²) in [6, 6.07) is 3.92. The van der Waals surface area contributed by atoms with Gasteiger partial charge in [0.05, 0.1) is 11.2 Å². The van der Waals surface area contributed by atoms with E-state index in [0.29, 0.717) is 12.8 Å². The molecule has 0 radical (unpaired) electrons. The largest absolute Gasteiger partial charge is 0.388 e. The third-order valence-corrected chi connectivity index (χ3v) is 4.52. The molecule has 0 bridgehead atoms. The number of amides is 1. The van der Waals surface area contributed by atoms with Crippen molar-refractivity contribution in [3.05, 3.63) is 34.6 Å². The quantitative estimate of drug-likeness (QED) is 0.896. The SMILES string of the molecule is CC1(C)CCC(O)(CNC(=O)c2ccc(Cl)cc2F)CC1. The number of rotatable bonds is 3. The van der Waals surface area contributed by atoms with Crippen LogP contribution in [0.2, 0.25) is 5.02 Å². The third kappa shape index (κ3) is 4.17. The second-order valence-corrected chi connectivity index (χ2v) is 7.13. The van der Waals surface area contributed by atoms with Crippen LogP contribution in [-0.2, 0) is 0 Å². The Labute approximate surface area is 129 Å². The van der Waals surface area contributed by atoms with Gasteiger partial charge in [0.2, 0.25) is 0 Å². The first-order valence-electron chi connectivity index (χ1n) is 7.17. The fraction of sp³-hybridized carbons (Fsp3) is 0.562. The minimum Gasteiger partial charge on any atom is -0.388 e. The molecule has 21 heavy (non-hydrogen) atoms. The van der Waals surface area contributed by atoms with Crippen LogP contribution in [0.5, 0.6) is 0 Å². The van der Waals surface area contributed by atoms with E-state index in [2.05, 4.69) is 19.2 Å². The normalized spacial score (nSPS) is 20.0. The number of halogens is 2. The van der Waals surface area contributed by atoms with Crippen molar-refractivity contribution in [3.63, 3.8) is 0 Å². The van der Waals surface area contributed by atoms with Crippen LogP contribution in [0.25, 0.3) is 0 Å². The Kier molecular flexibility index (Phi) is 4.59. The van der Waals surface area contributed by atoms with Gasteiger partial charge in [-0.15, -0.1) is 0 Å². The van der Waals surface area contributed by atoms with Crippen LogP contribution in [0, 0.1) is 11.2 Å². The topological polar surface area (TPSA) is 49.3 Å². The highest BCUT2D eigenvalue weighted by Gasteiger charge is 2.36. The number of aliphatic hydroxyl groups is 1. The molecule has 1 amide bonds. The van der Waals surface area contributed by atoms with Gasteiger partial charge in [-0.05, 0) is 49.3 Å². The molecule has 0 heterocycles. The maximum atomic E-state index is 13.7. The molecule has 0 atom stereocenters. The Morgan fingerprint density at radius 1 is 1.33 bits per heavy atom. The molecule has 116 valence electrons. The Bertz CT molecular complexity index is 535. The number of hydrogen-bond acceptors (Lipinski definition) is 2. The number of hydrogen-bond donors (Lipinski definition) is 2. The van der Waals surface area contributed by atoms with Crippen molar-refractivity contribution in [3.8, 4) is 0 Å². The van der Waals surface area contributed by atoms with E-state index in [-0.39, 0.29) is 22.5 Å². The van der Waals surface area contributed by atoms with Crippen molar-refractivity contribution in [1.29, 1.82) is 0 Å². The van der Waals surface area contributed by atoms with Gasteiger partial charge in [0, 0.05) is 11.6 Å². The molecule has 1 saturated carbocycles. The first kappa shape index (κ1) is 16.2. The zero-order chi connectivity index (χ0) is 15.7. The molecule has 0 aliphatic heterocycles. The lowest BCUT2D eigenvalue weighted by Gasteiger charge is -2.40. The Morgan fingerprint density at radius 3 is 2.52 bits per heavy atom. The molecule has 1 aliphatic carbocycles. The van der Waals surface area contributed by atoms with Crippen LogP contribution in [-0.4, -0.2) is 23.2 Å². The second-order valence-electron chi connectivity index (χ2n) is 6.70. The molecule has 1 aromatic carbocycles. The van der Waals surface area contributed by atoms with E-state index in [1.165, 1.54) is 12.1 Å². The first-order valence-corrected chi connectivity index (χ1v) is 7.54. The standard InChI is InChI=1S/C16H21ClFNO2/c1-15(2)5-7-16(21,8-6-15)10-19-14(20)12-4-3-11(17)9-13(12)18/h3-4,9,21H,5-8,10H2,1-2H3,(H,19,20). The monoisotopic (exact) mass is 313 g/mol. The molecule has 2 rings (SSSR count). The highest BCUT2D eigenvalue weighted by Crippen LogP contribution is 2.39. The van der Waals surface area contributed by atoms with Gasteiger partial charge in [0.25, 0.3) is 5.91 Å². The molecular weight excluding hydrogens is 293 g/mol. The van der Waals surface area contributed by atoms with Crippen molar-refractivity contribution in [2.24, 2.45) is 5.41 Å². The van der Waals surface area contributed by atoms with Gasteiger partial charge >= 0.3 is 0 Å². The highest BCUT2D eigenvalue weighted by molar-refractivity contribution is 6.30. The molecule has 1 fully saturated rings. The average Bonchev–Trinajstić information content (AvgIpc) is 2.40. The lowest BCUT2D eigenvalue weighted by molar-refractivity contribution is -0.0233. The molecule has 2 N–H and O–H groups in total. The molecule has 1 aromatic rings. The summed E-state index contributed by atoms with van der Waals surface area (Å²) in [6.45, 7) is 4.49. The van der Waals surface area contributed by atoms with E-state index in [4.69, 9.17) is 11.6 Å². The Balaban J connectivity index is 1.95. The zero-order valence-electron chi connectivity index (χ0n) is 12.4. The minimum atomic E-state index is -0.895. The summed E-state index contributed by atoms with van der Waals surface area (Å²) in [7, 11) is 0. The van der Waals surface area contributed by atoms with Crippen LogP contribution in [0.4, 0.5) is 4.39 Å². The smallest absolute Gasteiger partial charge is 0.254 e. The fourth-order valence-electron chi connectivity index (χ4n) is 2.58. The van der Waals surface area contributed by atoms with E-state index in [9.17, 15) is 14.3 Å². The van der Waals surface area contributed by atoms with E-state index < -0.39 is 17.3 Å². The lowest BCUT2D eigenvalue weighted by Crippen LogP contribution is -2.46. The molecule has 0 saturated heterocycles. The summed E-state index contributed by atoms with van der Waals surface area (Å²) in [6.07, 6.45) is 3.11. The maximum absolute atomic E-state index is 13.7. The van der Waals surface area contributed by atoms with Crippen LogP contribution in [0.1, 0.15) is 49.9 Å². The predicted octanol–water partition coefficient (Wildman–Crippen LogP) is 3.54. The molecule has 1 aliphatic rings. The van der Waals surface area contributed by atoms with Gasteiger partial charge in [-0.3, -0.25) is 4.79 Å². The minimum absolute atomic E-state index is 0.0564. The third-order valence-electron chi connectivity index (χ3n) is 4.29. The van der Waals surface area contributed by atoms with E-state index in [1.54, 1.807) is 0 Å². The summed E-state index contributed by atoms with van der Waals surface area (Å²) in [5, 5.41) is 13.4. The molecule has 3 nitrogen and oxygen atoms in total. The van der Waals surface area contributed by atoms with E-state index in [1.807, 2.05) is 0 Å². The fourth-order valence-corrected chi connectivity index (χ4v) is 2.74. The van der Waals surface area contributed by atoms with Crippen molar-refractivity contribution in [1.82, 2.24) is 5.32 Å². The van der Waals surface area contributed by atoms with Gasteiger partial charge in [-0.1, -0.05) is 25.4 Å². The van der Waals surface area contributed by atoms with E-state index in [0.717, 1.165) is 18.9 Å². The summed E-state index contributed by atoms with van der Waals surface area (Å²) in [4.78, 5) is 12.0. The molecule has 0 unspecified atom stereocenters. The van der Waals surface area contributed by atoms with Crippen LogP contribution in [0.3, 0.4) is 0 Å². The molecule has 0 spiro atoms. The molecule has 0 aromatic heterocycles. The second kappa shape index (κ2) is 5.93. The van der Waals surface area contributed by atoms with Gasteiger partial charge in [-0.2, -0.15) is 0 Å². The Morgan fingerprint density at radius 2 is 1.95 bits per heavy atom. The van der Waals surface area contributed by atoms with Crippen LogP contribution in [0.15, 0.2) is 18.2 Å². The van der Waals surface area contributed by atoms with Gasteiger partial charge in [-0.25, -0.2) is 4.39 Å². The van der Waals surface area contributed by atoms with Crippen molar-refractivity contribution < 1.29 is 14.3 Å². The van der Waals surface area contributed by atoms with Crippen molar-refractivity contribution >= 4 is 17.5 Å². The van der Waals surface area contributed by atoms with Gasteiger partial charge in [0.15, 0.2) is 0 Å². The Hall–Kier alpha value is -1.13. The number of nitrogens with one attached hydrogen (secondary N) is 1. The highest BCUT2D eigenvalue weighted by atomic mass is 35.5. The number of carbonyl (C=O) groups excluding carboxylic acids is 1. The zero-order valence-corrected chi connectivity index (χ0v) is 13.1. The van der Waals surface area contributed by atoms with Crippen molar-refractivity contribution in [2.45, 2.75) is 45.1 Å². The van der Waals surface area contributed by atoms with Crippen molar-refractivity contribution in [2.75, 3.05) is 6.54 Å². The van der Waals surface area contributed by atoms with Gasteiger partial charge < -0.3 is 10.4 Å².